The Morgan fingerprint density at radius 3 is 2.63 bits per heavy atom. The molecule has 0 bridgehead atoms. The summed E-state index contributed by atoms with van der Waals surface area (Å²) in [6.45, 7) is 1.49. The molecule has 1 unspecified atom stereocenters. The number of pyridine rings is 1. The molecule has 1 heterocycles. The van der Waals surface area contributed by atoms with Gasteiger partial charge in [0.25, 0.3) is 0 Å². The Morgan fingerprint density at radius 1 is 1.26 bits per heavy atom. The van der Waals surface area contributed by atoms with Crippen molar-refractivity contribution in [2.75, 3.05) is 5.32 Å². The third-order valence-electron chi connectivity index (χ3n) is 2.74. The van der Waals surface area contributed by atoms with Crippen molar-refractivity contribution in [1.82, 2.24) is 4.98 Å². The van der Waals surface area contributed by atoms with Crippen LogP contribution in [0.15, 0.2) is 30.5 Å². The molecule has 1 aromatic carbocycles. The third kappa shape index (κ3) is 2.62. The summed E-state index contributed by atoms with van der Waals surface area (Å²) < 4.78 is 0. The Labute approximate surface area is 108 Å². The summed E-state index contributed by atoms with van der Waals surface area (Å²) in [5.74, 6) is -1.69. The largest absolute Gasteiger partial charge is 0.480 e. The summed E-state index contributed by atoms with van der Waals surface area (Å²) in [6.07, 6.45) is 1.54. The van der Waals surface area contributed by atoms with Crippen LogP contribution in [0.3, 0.4) is 0 Å². The molecule has 6 heteroatoms. The predicted octanol–water partition coefficient (Wildman–Crippen LogP) is 1.82. The van der Waals surface area contributed by atoms with Crippen LogP contribution >= 0.6 is 0 Å². The predicted molar refractivity (Wildman–Crippen MR) is 69.4 cm³/mol. The van der Waals surface area contributed by atoms with Crippen molar-refractivity contribution in [3.05, 3.63) is 36.0 Å². The molecule has 0 aliphatic heterocycles. The highest BCUT2D eigenvalue weighted by atomic mass is 16.4. The van der Waals surface area contributed by atoms with E-state index in [-0.39, 0.29) is 5.56 Å². The number of anilines is 1. The minimum Gasteiger partial charge on any atom is -0.480 e. The van der Waals surface area contributed by atoms with E-state index in [0.29, 0.717) is 11.2 Å². The lowest BCUT2D eigenvalue weighted by atomic mass is 10.1. The van der Waals surface area contributed by atoms with Gasteiger partial charge in [-0.3, -0.25) is 4.79 Å². The Balaban J connectivity index is 2.51. The maximum Gasteiger partial charge on any atom is 0.335 e. The Kier molecular flexibility index (Phi) is 3.33. The molecule has 0 aliphatic rings. The minimum absolute atomic E-state index is 0.131. The minimum atomic E-state index is -1.04. The normalized spacial score (nSPS) is 12.1. The highest BCUT2D eigenvalue weighted by Gasteiger charge is 2.13. The van der Waals surface area contributed by atoms with E-state index in [9.17, 15) is 9.59 Å². The quantitative estimate of drug-likeness (QED) is 0.775. The van der Waals surface area contributed by atoms with Crippen molar-refractivity contribution in [3.63, 3.8) is 0 Å². The van der Waals surface area contributed by atoms with E-state index in [0.717, 1.165) is 5.39 Å². The van der Waals surface area contributed by atoms with Gasteiger partial charge in [0.2, 0.25) is 0 Å². The van der Waals surface area contributed by atoms with Gasteiger partial charge < -0.3 is 15.5 Å². The van der Waals surface area contributed by atoms with Crippen LogP contribution in [0.2, 0.25) is 0 Å². The molecule has 0 saturated heterocycles. The lowest BCUT2D eigenvalue weighted by Gasteiger charge is -2.12. The first-order chi connectivity index (χ1) is 8.99. The van der Waals surface area contributed by atoms with Gasteiger partial charge in [-0.25, -0.2) is 9.78 Å². The number of hydrogen-bond acceptors (Lipinski definition) is 4. The van der Waals surface area contributed by atoms with Crippen molar-refractivity contribution < 1.29 is 19.8 Å². The second kappa shape index (κ2) is 4.93. The molecular formula is C13H12N2O4. The van der Waals surface area contributed by atoms with Crippen LogP contribution < -0.4 is 5.32 Å². The number of aliphatic carboxylic acids is 1. The summed E-state index contributed by atoms with van der Waals surface area (Å²) in [4.78, 5) is 25.8. The second-order valence-electron chi connectivity index (χ2n) is 4.10. The highest BCUT2D eigenvalue weighted by molar-refractivity contribution is 5.99. The number of aromatic carboxylic acids is 1. The molecule has 6 nitrogen and oxygen atoms in total. The van der Waals surface area contributed by atoms with Crippen LogP contribution in [0.25, 0.3) is 10.8 Å². The zero-order valence-electron chi connectivity index (χ0n) is 10.1. The number of carboxylic acids is 2. The van der Waals surface area contributed by atoms with Gasteiger partial charge in [-0.05, 0) is 30.5 Å². The maximum absolute atomic E-state index is 11.0. The van der Waals surface area contributed by atoms with E-state index < -0.39 is 18.0 Å². The van der Waals surface area contributed by atoms with Crippen LogP contribution in [0.1, 0.15) is 17.3 Å². The van der Waals surface area contributed by atoms with E-state index >= 15 is 0 Å². The topological polar surface area (TPSA) is 99.5 Å². The molecular weight excluding hydrogens is 248 g/mol. The van der Waals surface area contributed by atoms with Crippen molar-refractivity contribution in [2.24, 2.45) is 0 Å². The number of nitrogens with zero attached hydrogens (tertiary/aromatic N) is 1. The van der Waals surface area contributed by atoms with Crippen LogP contribution in [-0.2, 0) is 4.79 Å². The standard InChI is InChI=1S/C13H12N2O4/c1-7(12(16)17)15-11-10-6-9(13(18)19)3-2-8(10)4-5-14-11/h2-7H,1H3,(H,14,15)(H,16,17)(H,18,19). The Morgan fingerprint density at radius 2 is 2.00 bits per heavy atom. The van der Waals surface area contributed by atoms with Gasteiger partial charge in [0.1, 0.15) is 11.9 Å². The second-order valence-corrected chi connectivity index (χ2v) is 4.10. The number of carbonyl (C=O) groups is 2. The van der Waals surface area contributed by atoms with Crippen LogP contribution in [0.4, 0.5) is 5.82 Å². The molecule has 3 N–H and O–H groups in total. The fourth-order valence-electron chi connectivity index (χ4n) is 1.68. The zero-order chi connectivity index (χ0) is 14.0. The number of hydrogen-bond donors (Lipinski definition) is 3. The van der Waals surface area contributed by atoms with E-state index in [2.05, 4.69) is 10.3 Å². The molecule has 0 saturated carbocycles. The first kappa shape index (κ1) is 12.8. The van der Waals surface area contributed by atoms with Gasteiger partial charge in [0.05, 0.1) is 5.56 Å². The van der Waals surface area contributed by atoms with E-state index in [1.807, 2.05) is 0 Å². The summed E-state index contributed by atoms with van der Waals surface area (Å²) in [6, 6.07) is 5.55. The van der Waals surface area contributed by atoms with Gasteiger partial charge >= 0.3 is 11.9 Å². The van der Waals surface area contributed by atoms with Gasteiger partial charge in [-0.2, -0.15) is 0 Å². The highest BCUT2D eigenvalue weighted by Crippen LogP contribution is 2.23. The Bertz CT molecular complexity index is 654. The molecule has 1 aromatic heterocycles. The molecule has 0 fully saturated rings. The molecule has 1 atom stereocenters. The van der Waals surface area contributed by atoms with Crippen molar-refractivity contribution in [3.8, 4) is 0 Å². The maximum atomic E-state index is 11.0. The summed E-state index contributed by atoms with van der Waals surface area (Å²) in [5.41, 5.74) is 0.131. The molecule has 0 aliphatic carbocycles. The number of fused-ring (bicyclic) bond motifs is 1. The molecule has 0 spiro atoms. The van der Waals surface area contributed by atoms with Gasteiger partial charge in [0.15, 0.2) is 0 Å². The third-order valence-corrected chi connectivity index (χ3v) is 2.74. The average molecular weight is 260 g/mol. The average Bonchev–Trinajstić information content (AvgIpc) is 2.38. The van der Waals surface area contributed by atoms with Gasteiger partial charge in [0, 0.05) is 11.6 Å². The van der Waals surface area contributed by atoms with Crippen molar-refractivity contribution >= 4 is 28.5 Å². The fourth-order valence-corrected chi connectivity index (χ4v) is 1.68. The molecule has 98 valence electrons. The number of benzene rings is 1. The lowest BCUT2D eigenvalue weighted by molar-refractivity contribution is -0.137. The fraction of sp³-hybridized carbons (Fsp3) is 0.154. The number of rotatable bonds is 4. The van der Waals surface area contributed by atoms with Crippen molar-refractivity contribution in [2.45, 2.75) is 13.0 Å². The number of carboxylic acid groups (broad SMARTS) is 2. The molecule has 19 heavy (non-hydrogen) atoms. The summed E-state index contributed by atoms with van der Waals surface area (Å²) in [7, 11) is 0. The van der Waals surface area contributed by atoms with Crippen molar-refractivity contribution in [1.29, 1.82) is 0 Å². The monoisotopic (exact) mass is 260 g/mol. The smallest absolute Gasteiger partial charge is 0.335 e. The van der Waals surface area contributed by atoms with Gasteiger partial charge in [-0.1, -0.05) is 6.07 Å². The molecule has 2 rings (SSSR count). The first-order valence-corrected chi connectivity index (χ1v) is 5.60. The Hall–Kier alpha value is -2.63. The summed E-state index contributed by atoms with van der Waals surface area (Å²) in [5, 5.41) is 22.0. The van der Waals surface area contributed by atoms with Crippen LogP contribution in [0, 0.1) is 0 Å². The lowest BCUT2D eigenvalue weighted by Crippen LogP contribution is -2.25. The number of nitrogens with one attached hydrogen (secondary N) is 1. The number of aromatic nitrogens is 1. The SMILES string of the molecule is CC(Nc1nccc2ccc(C(=O)O)cc12)C(=O)O. The van der Waals surface area contributed by atoms with Crippen LogP contribution in [-0.4, -0.2) is 33.2 Å². The zero-order valence-corrected chi connectivity index (χ0v) is 10.1. The van der Waals surface area contributed by atoms with Gasteiger partial charge in [-0.15, -0.1) is 0 Å². The van der Waals surface area contributed by atoms with E-state index in [1.54, 1.807) is 18.3 Å². The molecule has 0 radical (unpaired) electrons. The van der Waals surface area contributed by atoms with Crippen LogP contribution in [0.5, 0.6) is 0 Å². The van der Waals surface area contributed by atoms with E-state index in [4.69, 9.17) is 10.2 Å². The molecule has 0 amide bonds. The first-order valence-electron chi connectivity index (χ1n) is 5.60. The summed E-state index contributed by atoms with van der Waals surface area (Å²) >= 11 is 0. The van der Waals surface area contributed by atoms with E-state index in [1.165, 1.54) is 19.1 Å². The molecule has 2 aromatic rings.